The van der Waals surface area contributed by atoms with Crippen LogP contribution < -0.4 is 5.32 Å². The Morgan fingerprint density at radius 2 is 1.54 bits per heavy atom. The highest BCUT2D eigenvalue weighted by molar-refractivity contribution is 9.10. The molecule has 0 spiro atoms. The number of urea groups is 1. The minimum atomic E-state index is -0.0824. The smallest absolute Gasteiger partial charge is 0.317 e. The van der Waals surface area contributed by atoms with Gasteiger partial charge in [-0.15, -0.1) is 0 Å². The Kier molecular flexibility index (Phi) is 6.73. The van der Waals surface area contributed by atoms with Gasteiger partial charge in [0.2, 0.25) is 5.91 Å². The molecular formula is C22H26BrN3O2. The molecule has 1 N–H and O–H groups in total. The summed E-state index contributed by atoms with van der Waals surface area (Å²) < 4.78 is 1.02. The second-order valence-electron chi connectivity index (χ2n) is 7.25. The highest BCUT2D eigenvalue weighted by Gasteiger charge is 2.25. The van der Waals surface area contributed by atoms with Crippen LogP contribution in [0.5, 0.6) is 0 Å². The third-order valence-electron chi connectivity index (χ3n) is 5.11. The van der Waals surface area contributed by atoms with Gasteiger partial charge in [0.1, 0.15) is 0 Å². The molecule has 0 saturated carbocycles. The molecular weight excluding hydrogens is 418 g/mol. The first-order valence-electron chi connectivity index (χ1n) is 9.56. The molecule has 0 aromatic heterocycles. The van der Waals surface area contributed by atoms with Crippen molar-refractivity contribution < 1.29 is 9.59 Å². The lowest BCUT2D eigenvalue weighted by Gasteiger charge is -2.35. The van der Waals surface area contributed by atoms with Crippen LogP contribution in [0.2, 0.25) is 0 Å². The normalized spacial score (nSPS) is 15.2. The van der Waals surface area contributed by atoms with Gasteiger partial charge in [-0.1, -0.05) is 57.9 Å². The van der Waals surface area contributed by atoms with Crippen molar-refractivity contribution in [1.82, 2.24) is 15.1 Å². The van der Waals surface area contributed by atoms with Gasteiger partial charge < -0.3 is 15.1 Å². The van der Waals surface area contributed by atoms with E-state index in [1.165, 1.54) is 5.56 Å². The third-order valence-corrected chi connectivity index (χ3v) is 5.63. The summed E-state index contributed by atoms with van der Waals surface area (Å²) in [6, 6.07) is 15.8. The molecule has 1 saturated heterocycles. The molecule has 2 aromatic rings. The third kappa shape index (κ3) is 5.35. The maximum absolute atomic E-state index is 12.6. The molecule has 1 aliphatic heterocycles. The average molecular weight is 444 g/mol. The van der Waals surface area contributed by atoms with Crippen LogP contribution in [0.4, 0.5) is 4.79 Å². The zero-order valence-corrected chi connectivity index (χ0v) is 17.9. The molecule has 2 aromatic carbocycles. The molecule has 1 fully saturated rings. The summed E-state index contributed by atoms with van der Waals surface area (Å²) in [7, 11) is 0. The number of carbonyl (C=O) groups excluding carboxylic acids is 2. The molecule has 0 radical (unpaired) electrons. The van der Waals surface area contributed by atoms with Crippen LogP contribution in [0, 0.1) is 6.92 Å². The second-order valence-corrected chi connectivity index (χ2v) is 8.17. The molecule has 0 bridgehead atoms. The maximum Gasteiger partial charge on any atom is 0.317 e. The predicted octanol–water partition coefficient (Wildman–Crippen LogP) is 3.92. The number of aryl methyl sites for hydroxylation is 1. The van der Waals surface area contributed by atoms with Gasteiger partial charge in [0.05, 0.1) is 12.5 Å². The summed E-state index contributed by atoms with van der Waals surface area (Å²) in [4.78, 5) is 28.7. The minimum absolute atomic E-state index is 0.0678. The SMILES string of the molecule is Cc1ccc(CC(=O)N2CCN(C(=O)NC(C)c3ccc(Br)cc3)CC2)cc1. The molecule has 3 rings (SSSR count). The molecule has 6 heteroatoms. The van der Waals surface area contributed by atoms with Gasteiger partial charge in [0.25, 0.3) is 0 Å². The summed E-state index contributed by atoms with van der Waals surface area (Å²) >= 11 is 3.42. The van der Waals surface area contributed by atoms with E-state index in [1.807, 2.05) is 67.3 Å². The van der Waals surface area contributed by atoms with Gasteiger partial charge in [-0.05, 0) is 37.1 Å². The first-order chi connectivity index (χ1) is 13.4. The summed E-state index contributed by atoms with van der Waals surface area (Å²) in [5.41, 5.74) is 3.27. The van der Waals surface area contributed by atoms with E-state index in [-0.39, 0.29) is 18.0 Å². The molecule has 148 valence electrons. The first kappa shape index (κ1) is 20.4. The molecule has 28 heavy (non-hydrogen) atoms. The standard InChI is InChI=1S/C22H26BrN3O2/c1-16-3-5-18(6-4-16)15-21(27)25-11-13-26(14-12-25)22(28)24-17(2)19-7-9-20(23)10-8-19/h3-10,17H,11-15H2,1-2H3,(H,24,28). The fourth-order valence-electron chi connectivity index (χ4n) is 3.26. The number of nitrogens with one attached hydrogen (secondary N) is 1. The zero-order valence-electron chi connectivity index (χ0n) is 16.3. The van der Waals surface area contributed by atoms with Gasteiger partial charge >= 0.3 is 6.03 Å². The van der Waals surface area contributed by atoms with Gasteiger partial charge in [-0.25, -0.2) is 4.79 Å². The van der Waals surface area contributed by atoms with Gasteiger partial charge in [0.15, 0.2) is 0 Å². The predicted molar refractivity (Wildman–Crippen MR) is 114 cm³/mol. The van der Waals surface area contributed by atoms with Crippen molar-refractivity contribution in [2.24, 2.45) is 0 Å². The highest BCUT2D eigenvalue weighted by Crippen LogP contribution is 2.17. The molecule has 1 heterocycles. The number of halogens is 1. The lowest BCUT2D eigenvalue weighted by atomic mass is 10.1. The minimum Gasteiger partial charge on any atom is -0.339 e. The van der Waals surface area contributed by atoms with Crippen LogP contribution in [-0.4, -0.2) is 47.9 Å². The maximum atomic E-state index is 12.6. The van der Waals surface area contributed by atoms with Crippen LogP contribution in [0.25, 0.3) is 0 Å². The first-order valence-corrected chi connectivity index (χ1v) is 10.4. The van der Waals surface area contributed by atoms with Gasteiger partial charge in [-0.3, -0.25) is 4.79 Å². The highest BCUT2D eigenvalue weighted by atomic mass is 79.9. The summed E-state index contributed by atoms with van der Waals surface area (Å²) in [5, 5.41) is 3.04. The van der Waals surface area contributed by atoms with Crippen molar-refractivity contribution in [3.63, 3.8) is 0 Å². The number of hydrogen-bond donors (Lipinski definition) is 1. The van der Waals surface area contributed by atoms with Crippen molar-refractivity contribution in [2.75, 3.05) is 26.2 Å². The van der Waals surface area contributed by atoms with Crippen molar-refractivity contribution >= 4 is 27.9 Å². The van der Waals surface area contributed by atoms with Crippen LogP contribution in [-0.2, 0) is 11.2 Å². The summed E-state index contributed by atoms with van der Waals surface area (Å²) in [5.74, 6) is 0.118. The monoisotopic (exact) mass is 443 g/mol. The lowest BCUT2D eigenvalue weighted by Crippen LogP contribution is -2.53. The van der Waals surface area contributed by atoms with Gasteiger partial charge in [0, 0.05) is 30.7 Å². The van der Waals surface area contributed by atoms with Crippen molar-refractivity contribution in [2.45, 2.75) is 26.3 Å². The summed E-state index contributed by atoms with van der Waals surface area (Å²) in [6.07, 6.45) is 0.410. The number of rotatable bonds is 4. The average Bonchev–Trinajstić information content (AvgIpc) is 2.70. The largest absolute Gasteiger partial charge is 0.339 e. The quantitative estimate of drug-likeness (QED) is 0.778. The van der Waals surface area contributed by atoms with Crippen LogP contribution in [0.15, 0.2) is 53.0 Å². The fraction of sp³-hybridized carbons (Fsp3) is 0.364. The molecule has 0 aliphatic carbocycles. The molecule has 1 atom stereocenters. The number of hydrogen-bond acceptors (Lipinski definition) is 2. The van der Waals surface area contributed by atoms with Crippen molar-refractivity contribution in [3.05, 3.63) is 69.7 Å². The number of nitrogens with zero attached hydrogens (tertiary/aromatic N) is 2. The van der Waals surface area contributed by atoms with E-state index in [0.717, 1.165) is 15.6 Å². The van der Waals surface area contributed by atoms with E-state index in [0.29, 0.717) is 32.6 Å². The topological polar surface area (TPSA) is 52.7 Å². The van der Waals surface area contributed by atoms with Crippen molar-refractivity contribution in [3.8, 4) is 0 Å². The number of piperazine rings is 1. The summed E-state index contributed by atoms with van der Waals surface area (Å²) in [6.45, 7) is 6.27. The van der Waals surface area contributed by atoms with E-state index in [2.05, 4.69) is 21.2 Å². The van der Waals surface area contributed by atoms with Crippen LogP contribution in [0.3, 0.4) is 0 Å². The molecule has 1 unspecified atom stereocenters. The van der Waals surface area contributed by atoms with E-state index in [9.17, 15) is 9.59 Å². The Morgan fingerprint density at radius 1 is 0.964 bits per heavy atom. The Bertz CT molecular complexity index is 813. The van der Waals surface area contributed by atoms with Gasteiger partial charge in [-0.2, -0.15) is 0 Å². The lowest BCUT2D eigenvalue weighted by molar-refractivity contribution is -0.131. The van der Waals surface area contributed by atoms with Crippen LogP contribution in [0.1, 0.15) is 29.7 Å². The number of carbonyl (C=O) groups is 2. The Labute approximate surface area is 174 Å². The Balaban J connectivity index is 1.47. The Hall–Kier alpha value is -2.34. The zero-order chi connectivity index (χ0) is 20.1. The van der Waals surface area contributed by atoms with E-state index < -0.39 is 0 Å². The van der Waals surface area contributed by atoms with E-state index >= 15 is 0 Å². The van der Waals surface area contributed by atoms with Crippen LogP contribution >= 0.6 is 15.9 Å². The van der Waals surface area contributed by atoms with Crippen molar-refractivity contribution in [1.29, 1.82) is 0 Å². The Morgan fingerprint density at radius 3 is 2.14 bits per heavy atom. The number of benzene rings is 2. The molecule has 1 aliphatic rings. The van der Waals surface area contributed by atoms with E-state index in [4.69, 9.17) is 0 Å². The second kappa shape index (κ2) is 9.24. The number of amides is 3. The fourth-order valence-corrected chi connectivity index (χ4v) is 3.53. The molecule has 3 amide bonds. The molecule has 5 nitrogen and oxygen atoms in total. The van der Waals surface area contributed by atoms with E-state index in [1.54, 1.807) is 4.90 Å².